The summed E-state index contributed by atoms with van der Waals surface area (Å²) in [4.78, 5) is 22.0. The number of aromatic nitrogens is 2. The highest BCUT2D eigenvalue weighted by molar-refractivity contribution is 6.28. The Balaban J connectivity index is 1.86. The maximum atomic E-state index is 13.8. The first-order chi connectivity index (χ1) is 10.5. The van der Waals surface area contributed by atoms with Crippen molar-refractivity contribution in [2.24, 2.45) is 28.6 Å². The molecule has 22 heavy (non-hydrogen) atoms. The minimum Gasteiger partial charge on any atom is -0.369 e. The van der Waals surface area contributed by atoms with Crippen LogP contribution < -0.4 is 11.1 Å². The van der Waals surface area contributed by atoms with Crippen molar-refractivity contribution in [1.82, 2.24) is 9.97 Å². The SMILES string of the molecule is [N-]=[N+]=NC1C[C@H]2C[C@@H]1[C@H](C(N)=O)[C@@H]2Nc1nc(Cl)ncc1F. The van der Waals surface area contributed by atoms with Gasteiger partial charge in [0.25, 0.3) is 0 Å². The van der Waals surface area contributed by atoms with E-state index < -0.39 is 17.6 Å². The highest BCUT2D eigenvalue weighted by Crippen LogP contribution is 2.50. The fourth-order valence-electron chi connectivity index (χ4n) is 3.73. The molecular weight excluding hydrogens is 313 g/mol. The maximum absolute atomic E-state index is 13.8. The summed E-state index contributed by atoms with van der Waals surface area (Å²) in [7, 11) is 0. The number of fused-ring (bicyclic) bond motifs is 2. The molecule has 0 spiro atoms. The van der Waals surface area contributed by atoms with Crippen LogP contribution in [0.2, 0.25) is 5.28 Å². The van der Waals surface area contributed by atoms with Gasteiger partial charge in [0.1, 0.15) is 0 Å². The number of nitrogens with zero attached hydrogens (tertiary/aromatic N) is 5. The summed E-state index contributed by atoms with van der Waals surface area (Å²) in [6.07, 6.45) is 2.30. The molecule has 0 saturated heterocycles. The summed E-state index contributed by atoms with van der Waals surface area (Å²) in [5.41, 5.74) is 14.1. The van der Waals surface area contributed by atoms with Gasteiger partial charge in [-0.15, -0.1) is 0 Å². The van der Waals surface area contributed by atoms with Gasteiger partial charge < -0.3 is 11.1 Å². The Kier molecular flexibility index (Phi) is 3.76. The first-order valence-electron chi connectivity index (χ1n) is 6.79. The molecule has 3 N–H and O–H groups in total. The molecule has 2 bridgehead atoms. The van der Waals surface area contributed by atoms with Gasteiger partial charge in [-0.3, -0.25) is 4.79 Å². The number of rotatable bonds is 4. The molecule has 8 nitrogen and oxygen atoms in total. The Morgan fingerprint density at radius 3 is 3.05 bits per heavy atom. The molecule has 1 amide bonds. The van der Waals surface area contributed by atoms with Crippen LogP contribution in [0.5, 0.6) is 0 Å². The number of primary amides is 1. The molecule has 2 aliphatic carbocycles. The van der Waals surface area contributed by atoms with Crippen LogP contribution >= 0.6 is 11.6 Å². The first kappa shape index (κ1) is 14.8. The minimum atomic E-state index is -0.651. The molecular formula is C12H13ClFN7O. The molecule has 116 valence electrons. The average molecular weight is 326 g/mol. The van der Waals surface area contributed by atoms with E-state index in [1.54, 1.807) is 0 Å². The van der Waals surface area contributed by atoms with Gasteiger partial charge in [0.05, 0.1) is 12.1 Å². The summed E-state index contributed by atoms with van der Waals surface area (Å²) in [6, 6.07) is -0.600. The van der Waals surface area contributed by atoms with Gasteiger partial charge in [-0.2, -0.15) is 4.98 Å². The molecule has 0 radical (unpaired) electrons. The second-order valence-electron chi connectivity index (χ2n) is 5.60. The monoisotopic (exact) mass is 325 g/mol. The van der Waals surface area contributed by atoms with Crippen molar-refractivity contribution >= 4 is 23.3 Å². The van der Waals surface area contributed by atoms with Crippen molar-refractivity contribution < 1.29 is 9.18 Å². The number of nitrogens with two attached hydrogens (primary N) is 1. The van der Waals surface area contributed by atoms with Crippen LogP contribution in [-0.2, 0) is 4.79 Å². The van der Waals surface area contributed by atoms with Crippen LogP contribution in [0.3, 0.4) is 0 Å². The number of anilines is 1. The normalized spacial score (nSPS) is 32.5. The smallest absolute Gasteiger partial charge is 0.224 e. The Morgan fingerprint density at radius 1 is 1.59 bits per heavy atom. The molecule has 0 aliphatic heterocycles. The predicted octanol–water partition coefficient (Wildman–Crippen LogP) is 1.87. The fraction of sp³-hybridized carbons (Fsp3) is 0.583. The van der Waals surface area contributed by atoms with E-state index in [1.807, 2.05) is 0 Å². The number of halogens is 2. The van der Waals surface area contributed by atoms with Crippen LogP contribution in [0.15, 0.2) is 11.3 Å². The molecule has 2 fully saturated rings. The summed E-state index contributed by atoms with van der Waals surface area (Å²) < 4.78 is 13.8. The molecule has 1 aromatic rings. The highest BCUT2D eigenvalue weighted by atomic mass is 35.5. The first-order valence-corrected chi connectivity index (χ1v) is 7.17. The lowest BCUT2D eigenvalue weighted by atomic mass is 9.81. The van der Waals surface area contributed by atoms with E-state index in [1.165, 1.54) is 0 Å². The fourth-order valence-corrected chi connectivity index (χ4v) is 3.86. The summed E-state index contributed by atoms with van der Waals surface area (Å²) in [5.74, 6) is -1.81. The Labute approximate surface area is 129 Å². The van der Waals surface area contributed by atoms with Crippen LogP contribution in [-0.4, -0.2) is 28.0 Å². The van der Waals surface area contributed by atoms with Gasteiger partial charge in [0.2, 0.25) is 11.2 Å². The van der Waals surface area contributed by atoms with E-state index in [-0.39, 0.29) is 35.0 Å². The second-order valence-corrected chi connectivity index (χ2v) is 5.94. The van der Waals surface area contributed by atoms with E-state index in [9.17, 15) is 9.18 Å². The van der Waals surface area contributed by atoms with Crippen molar-refractivity contribution in [1.29, 1.82) is 0 Å². The third kappa shape index (κ3) is 2.42. The van der Waals surface area contributed by atoms with E-state index in [0.29, 0.717) is 12.8 Å². The summed E-state index contributed by atoms with van der Waals surface area (Å²) in [6.45, 7) is 0. The van der Waals surface area contributed by atoms with Crippen LogP contribution in [0.1, 0.15) is 12.8 Å². The largest absolute Gasteiger partial charge is 0.369 e. The van der Waals surface area contributed by atoms with Gasteiger partial charge in [-0.1, -0.05) is 5.11 Å². The van der Waals surface area contributed by atoms with E-state index in [4.69, 9.17) is 22.9 Å². The van der Waals surface area contributed by atoms with Crippen molar-refractivity contribution in [3.63, 3.8) is 0 Å². The molecule has 5 atom stereocenters. The Morgan fingerprint density at radius 2 is 2.36 bits per heavy atom. The minimum absolute atomic E-state index is 0.0517. The molecule has 1 heterocycles. The second kappa shape index (κ2) is 5.58. The third-order valence-electron chi connectivity index (χ3n) is 4.52. The quantitative estimate of drug-likeness (QED) is 0.378. The lowest BCUT2D eigenvalue weighted by Crippen LogP contribution is -2.46. The molecule has 1 unspecified atom stereocenters. The summed E-state index contributed by atoms with van der Waals surface area (Å²) in [5, 5.41) is 6.58. The van der Waals surface area contributed by atoms with Gasteiger partial charge in [-0.25, -0.2) is 9.37 Å². The summed E-state index contributed by atoms with van der Waals surface area (Å²) >= 11 is 5.67. The lowest BCUT2D eigenvalue weighted by molar-refractivity contribution is -0.123. The molecule has 10 heteroatoms. The number of azide groups is 1. The van der Waals surface area contributed by atoms with Crippen molar-refractivity contribution in [2.75, 3.05) is 5.32 Å². The highest BCUT2D eigenvalue weighted by Gasteiger charge is 2.54. The number of hydrogen-bond donors (Lipinski definition) is 2. The van der Waals surface area contributed by atoms with Crippen LogP contribution in [0, 0.1) is 23.6 Å². The number of hydrogen-bond acceptors (Lipinski definition) is 5. The number of amides is 1. The van der Waals surface area contributed by atoms with Gasteiger partial charge in [-0.05, 0) is 41.8 Å². The number of nitrogens with one attached hydrogen (secondary N) is 1. The molecule has 3 rings (SSSR count). The lowest BCUT2D eigenvalue weighted by Gasteiger charge is -2.33. The van der Waals surface area contributed by atoms with Crippen LogP contribution in [0.25, 0.3) is 10.4 Å². The molecule has 1 aromatic heterocycles. The Bertz CT molecular complexity index is 665. The van der Waals surface area contributed by atoms with E-state index >= 15 is 0 Å². The van der Waals surface area contributed by atoms with Gasteiger partial charge >= 0.3 is 0 Å². The molecule has 2 aliphatic rings. The van der Waals surface area contributed by atoms with Gasteiger partial charge in [0.15, 0.2) is 11.6 Å². The maximum Gasteiger partial charge on any atom is 0.224 e. The number of carbonyl (C=O) groups excluding carboxylic acids is 1. The van der Waals surface area contributed by atoms with Crippen LogP contribution in [0.4, 0.5) is 10.2 Å². The topological polar surface area (TPSA) is 130 Å². The molecule has 0 aromatic carbocycles. The van der Waals surface area contributed by atoms with E-state index in [0.717, 1.165) is 6.20 Å². The zero-order valence-electron chi connectivity index (χ0n) is 11.4. The predicted molar refractivity (Wildman–Crippen MR) is 76.2 cm³/mol. The Hall–Kier alpha value is -2.12. The standard InChI is InChI=1S/C12H13ClFN7O/c13-12-17-3-6(14)11(19-12)18-9-4-1-5(8(9)10(15)22)7(2-4)20-21-16/h3-5,7-9H,1-2H2,(H2,15,22)(H,17,18,19)/t4-,5+,7?,8+,9-/m1/s1. The average Bonchev–Trinajstić information content (AvgIpc) is 3.01. The molecule has 2 saturated carbocycles. The van der Waals surface area contributed by atoms with E-state index in [2.05, 4.69) is 25.3 Å². The third-order valence-corrected chi connectivity index (χ3v) is 4.70. The van der Waals surface area contributed by atoms with Crippen molar-refractivity contribution in [2.45, 2.75) is 24.9 Å². The van der Waals surface area contributed by atoms with Crippen molar-refractivity contribution in [3.05, 3.63) is 27.7 Å². The zero-order valence-corrected chi connectivity index (χ0v) is 12.1. The number of carbonyl (C=O) groups is 1. The zero-order chi connectivity index (χ0) is 15.9. The van der Waals surface area contributed by atoms with Crippen molar-refractivity contribution in [3.8, 4) is 0 Å². The van der Waals surface area contributed by atoms with Gasteiger partial charge in [0, 0.05) is 17.0 Å².